The Morgan fingerprint density at radius 2 is 1.15 bits per heavy atom. The third kappa shape index (κ3) is 6.39. The Kier molecular flexibility index (Phi) is 5.53. The van der Waals surface area contributed by atoms with Crippen LogP contribution >= 0.6 is 0 Å². The molecular formula is C11H19NO8. The molecule has 0 radical (unpaired) electrons. The second-order valence-electron chi connectivity index (χ2n) is 4.62. The molecule has 0 aliphatic carbocycles. The Hall–Kier alpha value is -0.360. The molecule has 3 atom stereocenters. The Bertz CT molecular complexity index is 262. The fourth-order valence-corrected chi connectivity index (χ4v) is 1.27. The van der Waals surface area contributed by atoms with Crippen LogP contribution in [-0.2, 0) is 38.2 Å². The van der Waals surface area contributed by atoms with Crippen LogP contribution in [0, 0.1) is 0 Å². The normalized spacial score (nSPS) is 30.8. The van der Waals surface area contributed by atoms with Crippen molar-refractivity contribution in [3.63, 3.8) is 0 Å². The summed E-state index contributed by atoms with van der Waals surface area (Å²) >= 11 is 0. The fraction of sp³-hybridized carbons (Fsp3) is 1.00. The van der Waals surface area contributed by atoms with Crippen LogP contribution in [0.25, 0.3) is 0 Å². The molecule has 0 aromatic rings. The molecule has 3 saturated heterocycles. The van der Waals surface area contributed by atoms with Crippen molar-refractivity contribution in [2.75, 3.05) is 53.2 Å². The molecule has 3 fully saturated rings. The Morgan fingerprint density at radius 3 is 1.60 bits per heavy atom. The van der Waals surface area contributed by atoms with Gasteiger partial charge in [-0.2, -0.15) is 0 Å². The third-order valence-corrected chi connectivity index (χ3v) is 2.66. The second kappa shape index (κ2) is 7.59. The number of nitrogens with zero attached hydrogens (tertiary/aromatic N) is 1. The van der Waals surface area contributed by atoms with E-state index in [9.17, 15) is 0 Å². The van der Waals surface area contributed by atoms with Crippen molar-refractivity contribution in [3.05, 3.63) is 0 Å². The minimum absolute atomic E-state index is 0.0110. The molecule has 9 heteroatoms. The van der Waals surface area contributed by atoms with Gasteiger partial charge in [0.25, 0.3) is 0 Å². The predicted octanol–water partition coefficient (Wildman–Crippen LogP) is -0.772. The second-order valence-corrected chi connectivity index (χ2v) is 4.62. The van der Waals surface area contributed by atoms with E-state index in [0.717, 1.165) is 18.6 Å². The first-order chi connectivity index (χ1) is 9.90. The highest BCUT2D eigenvalue weighted by molar-refractivity contribution is 4.67. The van der Waals surface area contributed by atoms with Crippen molar-refractivity contribution < 1.29 is 38.2 Å². The van der Waals surface area contributed by atoms with Gasteiger partial charge >= 0.3 is 0 Å². The van der Waals surface area contributed by atoms with Crippen molar-refractivity contribution in [2.24, 2.45) is 0 Å². The van der Waals surface area contributed by atoms with Crippen molar-refractivity contribution in [3.8, 4) is 0 Å². The molecule has 3 aliphatic rings. The van der Waals surface area contributed by atoms with Crippen LogP contribution in [0.5, 0.6) is 0 Å². The Labute approximate surface area is 116 Å². The van der Waals surface area contributed by atoms with E-state index < -0.39 is 0 Å². The highest BCUT2D eigenvalue weighted by Gasteiger charge is 2.26. The average molecular weight is 293 g/mol. The lowest BCUT2D eigenvalue weighted by Gasteiger charge is -2.18. The van der Waals surface area contributed by atoms with Crippen LogP contribution in [0.3, 0.4) is 0 Å². The highest BCUT2D eigenvalue weighted by atomic mass is 17.2. The lowest BCUT2D eigenvalue weighted by Crippen LogP contribution is -2.29. The Balaban J connectivity index is 1.23. The summed E-state index contributed by atoms with van der Waals surface area (Å²) in [6, 6.07) is 0. The maximum absolute atomic E-state index is 5.25. The van der Waals surface area contributed by atoms with Crippen LogP contribution in [0.2, 0.25) is 0 Å². The maximum Gasteiger partial charge on any atom is 0.172 e. The predicted molar refractivity (Wildman–Crippen MR) is 60.8 cm³/mol. The molecule has 0 aromatic carbocycles. The van der Waals surface area contributed by atoms with Gasteiger partial charge in [0.15, 0.2) is 13.6 Å². The molecule has 0 saturated carbocycles. The van der Waals surface area contributed by atoms with Gasteiger partial charge in [-0.15, -0.1) is 0 Å². The SMILES string of the molecule is C(OCC1CO1)ON(OCOCC1CO1)OCC1CO1. The highest BCUT2D eigenvalue weighted by Crippen LogP contribution is 2.12. The van der Waals surface area contributed by atoms with Gasteiger partial charge in [0, 0.05) is 0 Å². The molecule has 0 bridgehead atoms. The molecule has 3 aliphatic heterocycles. The molecule has 0 spiro atoms. The Morgan fingerprint density at radius 1 is 0.700 bits per heavy atom. The van der Waals surface area contributed by atoms with E-state index in [1.165, 1.54) is 0 Å². The lowest BCUT2D eigenvalue weighted by molar-refractivity contribution is -0.548. The lowest BCUT2D eigenvalue weighted by atomic mass is 10.5. The zero-order chi connectivity index (χ0) is 13.6. The van der Waals surface area contributed by atoms with E-state index in [-0.39, 0.29) is 31.9 Å². The van der Waals surface area contributed by atoms with Gasteiger partial charge in [-0.3, -0.25) is 0 Å². The van der Waals surface area contributed by atoms with Crippen LogP contribution in [-0.4, -0.2) is 76.9 Å². The fourth-order valence-electron chi connectivity index (χ4n) is 1.27. The van der Waals surface area contributed by atoms with E-state index in [1.54, 1.807) is 0 Å². The van der Waals surface area contributed by atoms with E-state index in [2.05, 4.69) is 0 Å². The van der Waals surface area contributed by atoms with Gasteiger partial charge in [0.1, 0.15) is 24.9 Å². The number of hydrogen-bond donors (Lipinski definition) is 0. The average Bonchev–Trinajstić information content (AvgIpc) is 3.27. The van der Waals surface area contributed by atoms with Crippen molar-refractivity contribution in [1.82, 2.24) is 5.39 Å². The van der Waals surface area contributed by atoms with E-state index in [1.807, 2.05) is 0 Å². The van der Waals surface area contributed by atoms with Gasteiger partial charge in [0.2, 0.25) is 0 Å². The van der Waals surface area contributed by atoms with E-state index >= 15 is 0 Å². The first-order valence-corrected chi connectivity index (χ1v) is 6.59. The number of epoxide rings is 3. The number of hydrogen-bond acceptors (Lipinski definition) is 9. The molecule has 3 rings (SSSR count). The summed E-state index contributed by atoms with van der Waals surface area (Å²) in [4.78, 5) is 15.6. The monoisotopic (exact) mass is 293 g/mol. The van der Waals surface area contributed by atoms with Gasteiger partial charge < -0.3 is 23.7 Å². The minimum atomic E-state index is 0.0110. The standard InChI is InChI=1S/C11H19NO8/c1(9-3-15-9)13-7-19-12(18-6-11-5-17-11)20-8-14-2-10-4-16-10/h9-11H,1-8H2. The van der Waals surface area contributed by atoms with Gasteiger partial charge in [-0.1, -0.05) is 0 Å². The zero-order valence-electron chi connectivity index (χ0n) is 11.1. The van der Waals surface area contributed by atoms with Crippen LogP contribution in [0.1, 0.15) is 0 Å². The van der Waals surface area contributed by atoms with Crippen LogP contribution in [0.4, 0.5) is 0 Å². The molecule has 116 valence electrons. The summed E-state index contributed by atoms with van der Waals surface area (Å²) in [6.45, 7) is 3.55. The zero-order valence-corrected chi connectivity index (χ0v) is 11.1. The van der Waals surface area contributed by atoms with Gasteiger partial charge in [-0.05, 0) is 0 Å². The van der Waals surface area contributed by atoms with Gasteiger partial charge in [0.05, 0.1) is 38.4 Å². The molecule has 9 nitrogen and oxygen atoms in total. The van der Waals surface area contributed by atoms with E-state index in [0.29, 0.717) is 26.4 Å². The molecule has 0 amide bonds. The van der Waals surface area contributed by atoms with Crippen LogP contribution < -0.4 is 0 Å². The quantitative estimate of drug-likeness (QED) is 0.188. The largest absolute Gasteiger partial charge is 0.371 e. The maximum atomic E-state index is 5.25. The first kappa shape index (κ1) is 14.6. The smallest absolute Gasteiger partial charge is 0.172 e. The molecule has 3 unspecified atom stereocenters. The molecule has 0 N–H and O–H groups in total. The number of rotatable bonds is 13. The number of ether oxygens (including phenoxy) is 5. The summed E-state index contributed by atoms with van der Waals surface area (Å²) in [7, 11) is 0. The first-order valence-electron chi connectivity index (χ1n) is 6.59. The minimum Gasteiger partial charge on any atom is -0.371 e. The summed E-state index contributed by atoms with van der Waals surface area (Å²) < 4.78 is 25.5. The molecule has 20 heavy (non-hydrogen) atoms. The summed E-state index contributed by atoms with van der Waals surface area (Å²) in [6.07, 6.45) is 0.484. The topological polar surface area (TPSA) is 87.0 Å². The van der Waals surface area contributed by atoms with Crippen molar-refractivity contribution >= 4 is 0 Å². The third-order valence-electron chi connectivity index (χ3n) is 2.66. The molecule has 0 aromatic heterocycles. The molecule has 3 heterocycles. The summed E-state index contributed by atoms with van der Waals surface area (Å²) in [5.74, 6) is 0. The summed E-state index contributed by atoms with van der Waals surface area (Å²) in [5, 5.41) is 0.892. The van der Waals surface area contributed by atoms with Crippen LogP contribution in [0.15, 0.2) is 0 Å². The molecular weight excluding hydrogens is 274 g/mol. The van der Waals surface area contributed by atoms with Crippen molar-refractivity contribution in [1.29, 1.82) is 0 Å². The van der Waals surface area contributed by atoms with Crippen molar-refractivity contribution in [2.45, 2.75) is 18.3 Å². The van der Waals surface area contributed by atoms with E-state index in [4.69, 9.17) is 38.2 Å². The van der Waals surface area contributed by atoms with Gasteiger partial charge in [-0.25, -0.2) is 14.5 Å². The summed E-state index contributed by atoms with van der Waals surface area (Å²) in [5.41, 5.74) is 0.